The van der Waals surface area contributed by atoms with Gasteiger partial charge in [-0.2, -0.15) is 0 Å². The summed E-state index contributed by atoms with van der Waals surface area (Å²) in [5.41, 5.74) is 2.29. The van der Waals surface area contributed by atoms with Crippen molar-refractivity contribution >= 4 is 0 Å². The standard InChI is InChI=1S/C11H20N4/c1-9-11(8-12-2)13-14-15(9)7-6-10-4-3-5-10/h10,12H,3-8H2,1-2H3. The Morgan fingerprint density at radius 3 is 2.87 bits per heavy atom. The van der Waals surface area contributed by atoms with Crippen molar-refractivity contribution in [2.24, 2.45) is 5.92 Å². The molecule has 0 spiro atoms. The molecule has 0 unspecified atom stereocenters. The molecule has 0 radical (unpaired) electrons. The summed E-state index contributed by atoms with van der Waals surface area (Å²) in [6, 6.07) is 0. The number of aromatic nitrogens is 3. The fraction of sp³-hybridized carbons (Fsp3) is 0.818. The molecule has 0 amide bonds. The fourth-order valence-corrected chi connectivity index (χ4v) is 2.03. The minimum Gasteiger partial charge on any atom is -0.314 e. The lowest BCUT2D eigenvalue weighted by Gasteiger charge is -2.25. The Morgan fingerprint density at radius 1 is 1.47 bits per heavy atom. The van der Waals surface area contributed by atoms with Gasteiger partial charge in [0.05, 0.1) is 11.4 Å². The topological polar surface area (TPSA) is 42.7 Å². The minimum absolute atomic E-state index is 0.815. The molecule has 0 bridgehead atoms. The van der Waals surface area contributed by atoms with Gasteiger partial charge in [-0.25, -0.2) is 4.68 Å². The van der Waals surface area contributed by atoms with Crippen molar-refractivity contribution in [1.29, 1.82) is 0 Å². The average Bonchev–Trinajstić information content (AvgIpc) is 2.48. The van der Waals surface area contributed by atoms with Crippen LogP contribution in [0, 0.1) is 12.8 Å². The molecule has 1 aromatic rings. The van der Waals surface area contributed by atoms with E-state index in [0.29, 0.717) is 0 Å². The molecule has 1 saturated carbocycles. The minimum atomic E-state index is 0.815. The molecule has 2 rings (SSSR count). The number of hydrogen-bond acceptors (Lipinski definition) is 3. The largest absolute Gasteiger partial charge is 0.314 e. The number of hydrogen-bond donors (Lipinski definition) is 1. The van der Waals surface area contributed by atoms with Crippen molar-refractivity contribution in [3.63, 3.8) is 0 Å². The van der Waals surface area contributed by atoms with E-state index in [1.165, 1.54) is 31.4 Å². The van der Waals surface area contributed by atoms with E-state index in [1.54, 1.807) is 0 Å². The summed E-state index contributed by atoms with van der Waals surface area (Å²) in [5, 5.41) is 11.5. The van der Waals surface area contributed by atoms with Crippen LogP contribution in [0.1, 0.15) is 37.1 Å². The second-order valence-electron chi connectivity index (χ2n) is 4.46. The van der Waals surface area contributed by atoms with Gasteiger partial charge in [0.15, 0.2) is 0 Å². The van der Waals surface area contributed by atoms with Gasteiger partial charge in [-0.1, -0.05) is 24.5 Å². The Balaban J connectivity index is 1.89. The number of rotatable bonds is 5. The molecule has 4 heteroatoms. The second kappa shape index (κ2) is 4.75. The SMILES string of the molecule is CNCc1nnn(CCC2CCC2)c1C. The molecule has 1 heterocycles. The predicted molar refractivity (Wildman–Crippen MR) is 59.5 cm³/mol. The third-order valence-electron chi connectivity index (χ3n) is 3.40. The van der Waals surface area contributed by atoms with E-state index in [-0.39, 0.29) is 0 Å². The lowest BCUT2D eigenvalue weighted by molar-refractivity contribution is 0.276. The summed E-state index contributed by atoms with van der Waals surface area (Å²) in [4.78, 5) is 0. The summed E-state index contributed by atoms with van der Waals surface area (Å²) in [6.07, 6.45) is 5.52. The molecule has 0 saturated heterocycles. The highest BCUT2D eigenvalue weighted by Crippen LogP contribution is 2.29. The molecule has 0 atom stereocenters. The third kappa shape index (κ3) is 2.37. The number of nitrogens with zero attached hydrogens (tertiary/aromatic N) is 3. The van der Waals surface area contributed by atoms with Crippen LogP contribution in [-0.2, 0) is 13.1 Å². The Hall–Kier alpha value is -0.900. The van der Waals surface area contributed by atoms with Crippen LogP contribution in [0.15, 0.2) is 0 Å². The predicted octanol–water partition coefficient (Wildman–Crippen LogP) is 1.50. The molecule has 1 aliphatic carbocycles. The highest BCUT2D eigenvalue weighted by molar-refractivity contribution is 5.07. The molecular weight excluding hydrogens is 188 g/mol. The molecule has 1 aromatic heterocycles. The molecule has 1 fully saturated rings. The number of nitrogens with one attached hydrogen (secondary N) is 1. The van der Waals surface area contributed by atoms with Crippen LogP contribution >= 0.6 is 0 Å². The summed E-state index contributed by atoms with van der Waals surface area (Å²) < 4.78 is 2.05. The van der Waals surface area contributed by atoms with Crippen molar-refractivity contribution in [2.45, 2.75) is 45.7 Å². The van der Waals surface area contributed by atoms with Crippen molar-refractivity contribution in [2.75, 3.05) is 7.05 Å². The van der Waals surface area contributed by atoms with Crippen molar-refractivity contribution in [3.8, 4) is 0 Å². The van der Waals surface area contributed by atoms with Gasteiger partial charge >= 0.3 is 0 Å². The van der Waals surface area contributed by atoms with Crippen LogP contribution < -0.4 is 5.32 Å². The van der Waals surface area contributed by atoms with E-state index >= 15 is 0 Å². The van der Waals surface area contributed by atoms with Crippen molar-refractivity contribution < 1.29 is 0 Å². The van der Waals surface area contributed by atoms with E-state index in [4.69, 9.17) is 0 Å². The summed E-state index contributed by atoms with van der Waals surface area (Å²) in [6.45, 7) is 3.95. The Labute approximate surface area is 91.1 Å². The molecule has 84 valence electrons. The van der Waals surface area contributed by atoms with E-state index in [0.717, 1.165) is 24.7 Å². The van der Waals surface area contributed by atoms with Gasteiger partial charge in [-0.15, -0.1) is 5.10 Å². The van der Waals surface area contributed by atoms with Gasteiger partial charge in [0.2, 0.25) is 0 Å². The lowest BCUT2D eigenvalue weighted by atomic mass is 9.83. The van der Waals surface area contributed by atoms with Gasteiger partial charge in [0, 0.05) is 13.1 Å². The molecular formula is C11H20N4. The third-order valence-corrected chi connectivity index (χ3v) is 3.40. The molecule has 4 nitrogen and oxygen atoms in total. The first-order valence-corrected chi connectivity index (χ1v) is 5.85. The van der Waals surface area contributed by atoms with Crippen LogP contribution in [0.4, 0.5) is 0 Å². The van der Waals surface area contributed by atoms with Crippen LogP contribution in [0.3, 0.4) is 0 Å². The highest BCUT2D eigenvalue weighted by Gasteiger charge is 2.17. The zero-order valence-corrected chi connectivity index (χ0v) is 9.66. The summed E-state index contributed by atoms with van der Waals surface area (Å²) in [5.74, 6) is 0.946. The highest BCUT2D eigenvalue weighted by atomic mass is 15.4. The van der Waals surface area contributed by atoms with Gasteiger partial charge in [-0.3, -0.25) is 0 Å². The summed E-state index contributed by atoms with van der Waals surface area (Å²) in [7, 11) is 1.94. The monoisotopic (exact) mass is 208 g/mol. The van der Waals surface area contributed by atoms with Crippen LogP contribution in [0.25, 0.3) is 0 Å². The average molecular weight is 208 g/mol. The normalized spacial score (nSPS) is 16.7. The maximum atomic E-state index is 4.19. The van der Waals surface area contributed by atoms with E-state index in [9.17, 15) is 0 Å². The second-order valence-corrected chi connectivity index (χ2v) is 4.46. The quantitative estimate of drug-likeness (QED) is 0.797. The zero-order valence-electron chi connectivity index (χ0n) is 9.66. The first-order chi connectivity index (χ1) is 7.31. The maximum Gasteiger partial charge on any atom is 0.0993 e. The number of aryl methyl sites for hydroxylation is 1. The molecule has 15 heavy (non-hydrogen) atoms. The van der Waals surface area contributed by atoms with Crippen LogP contribution in [0.5, 0.6) is 0 Å². The maximum absolute atomic E-state index is 4.19. The smallest absolute Gasteiger partial charge is 0.0993 e. The Kier molecular flexibility index (Phi) is 3.36. The van der Waals surface area contributed by atoms with Crippen LogP contribution in [0.2, 0.25) is 0 Å². The van der Waals surface area contributed by atoms with Crippen molar-refractivity contribution in [3.05, 3.63) is 11.4 Å². The van der Waals surface area contributed by atoms with E-state index in [2.05, 4.69) is 22.6 Å². The first kappa shape index (κ1) is 10.6. The van der Waals surface area contributed by atoms with E-state index < -0.39 is 0 Å². The lowest BCUT2D eigenvalue weighted by Crippen LogP contribution is -2.15. The first-order valence-electron chi connectivity index (χ1n) is 5.85. The summed E-state index contributed by atoms with van der Waals surface area (Å²) >= 11 is 0. The van der Waals surface area contributed by atoms with Gasteiger partial charge in [-0.05, 0) is 26.3 Å². The Morgan fingerprint density at radius 2 is 2.27 bits per heavy atom. The zero-order chi connectivity index (χ0) is 10.7. The van der Waals surface area contributed by atoms with Gasteiger partial charge in [0.25, 0.3) is 0 Å². The molecule has 0 aliphatic heterocycles. The molecule has 1 aliphatic rings. The molecule has 1 N–H and O–H groups in total. The Bertz CT molecular complexity index is 314. The van der Waals surface area contributed by atoms with Crippen molar-refractivity contribution in [1.82, 2.24) is 20.3 Å². The van der Waals surface area contributed by atoms with E-state index in [1.807, 2.05) is 11.7 Å². The fourth-order valence-electron chi connectivity index (χ4n) is 2.03. The molecule has 0 aromatic carbocycles. The van der Waals surface area contributed by atoms with Crippen LogP contribution in [-0.4, -0.2) is 22.0 Å². The van der Waals surface area contributed by atoms with Gasteiger partial charge in [0.1, 0.15) is 0 Å². The van der Waals surface area contributed by atoms with Gasteiger partial charge < -0.3 is 5.32 Å².